The zero-order valence-corrected chi connectivity index (χ0v) is 11.5. The maximum atomic E-state index is 11.4. The number of nitrogens with two attached hydrogens (primary N) is 1. The van der Waals surface area contributed by atoms with Crippen LogP contribution in [0.2, 0.25) is 0 Å². The Bertz CT molecular complexity index is 597. The highest BCUT2D eigenvalue weighted by Gasteiger charge is 2.09. The van der Waals surface area contributed by atoms with Gasteiger partial charge in [0.05, 0.1) is 0 Å². The van der Waals surface area contributed by atoms with Crippen molar-refractivity contribution in [3.8, 4) is 0 Å². The molecular formula is C14H17N5O. The summed E-state index contributed by atoms with van der Waals surface area (Å²) in [5.74, 6) is 0.430. The fourth-order valence-corrected chi connectivity index (χ4v) is 1.79. The Morgan fingerprint density at radius 1 is 1.25 bits per heavy atom. The van der Waals surface area contributed by atoms with Gasteiger partial charge in [-0.15, -0.1) is 10.2 Å². The van der Waals surface area contributed by atoms with Crippen molar-refractivity contribution >= 4 is 17.4 Å². The first-order valence-corrected chi connectivity index (χ1v) is 6.22. The van der Waals surface area contributed by atoms with Gasteiger partial charge in [0, 0.05) is 26.3 Å². The van der Waals surface area contributed by atoms with Crippen molar-refractivity contribution in [2.75, 3.05) is 24.7 Å². The predicted octanol–water partition coefficient (Wildman–Crippen LogP) is 1.05. The summed E-state index contributed by atoms with van der Waals surface area (Å²) in [7, 11) is 3.46. The number of hydrogen-bond acceptors (Lipinski definition) is 5. The zero-order chi connectivity index (χ0) is 14.5. The van der Waals surface area contributed by atoms with Crippen LogP contribution in [0, 0.1) is 0 Å². The number of carbonyl (C=O) groups is 1. The first-order valence-electron chi connectivity index (χ1n) is 6.22. The summed E-state index contributed by atoms with van der Waals surface area (Å²) in [5.41, 5.74) is 7.97. The first-order chi connectivity index (χ1) is 9.61. The minimum atomic E-state index is -0.251. The van der Waals surface area contributed by atoms with Crippen LogP contribution in [-0.4, -0.2) is 30.2 Å². The molecule has 0 aliphatic rings. The van der Waals surface area contributed by atoms with E-state index in [1.54, 1.807) is 19.2 Å². The second-order valence-corrected chi connectivity index (χ2v) is 4.41. The molecule has 2 rings (SSSR count). The van der Waals surface area contributed by atoms with Crippen LogP contribution in [0.15, 0.2) is 36.4 Å². The molecule has 0 unspecified atom stereocenters. The molecule has 0 fully saturated rings. The van der Waals surface area contributed by atoms with Gasteiger partial charge in [0.1, 0.15) is 0 Å². The fourth-order valence-electron chi connectivity index (χ4n) is 1.79. The molecular weight excluding hydrogens is 254 g/mol. The largest absolute Gasteiger partial charge is 0.398 e. The SMILES string of the molecule is CNC(=O)c1ccc(N(C)Cc2ccccc2N)nn1. The third kappa shape index (κ3) is 3.03. The lowest BCUT2D eigenvalue weighted by molar-refractivity contribution is 0.0957. The van der Waals surface area contributed by atoms with E-state index >= 15 is 0 Å². The standard InChI is InChI=1S/C14H17N5O/c1-16-14(20)12-7-8-13(18-17-12)19(2)9-10-5-3-4-6-11(10)15/h3-8H,9,15H2,1-2H3,(H,16,20). The smallest absolute Gasteiger partial charge is 0.271 e. The van der Waals surface area contributed by atoms with E-state index in [1.165, 1.54) is 0 Å². The summed E-state index contributed by atoms with van der Waals surface area (Å²) in [6, 6.07) is 11.1. The van der Waals surface area contributed by atoms with Crippen LogP contribution < -0.4 is 16.0 Å². The van der Waals surface area contributed by atoms with Gasteiger partial charge in [-0.2, -0.15) is 0 Å². The van der Waals surface area contributed by atoms with Crippen molar-refractivity contribution in [2.45, 2.75) is 6.54 Å². The Labute approximate surface area is 117 Å². The molecule has 0 radical (unpaired) electrons. The third-order valence-electron chi connectivity index (χ3n) is 2.96. The lowest BCUT2D eigenvalue weighted by atomic mass is 10.2. The average Bonchev–Trinajstić information content (AvgIpc) is 2.49. The molecule has 1 amide bonds. The highest BCUT2D eigenvalue weighted by atomic mass is 16.1. The number of nitrogens with zero attached hydrogens (tertiary/aromatic N) is 3. The van der Waals surface area contributed by atoms with E-state index in [4.69, 9.17) is 5.73 Å². The number of aromatic nitrogens is 2. The molecule has 0 saturated heterocycles. The minimum absolute atomic E-state index is 0.251. The second kappa shape index (κ2) is 6.01. The van der Waals surface area contributed by atoms with Crippen molar-refractivity contribution in [2.24, 2.45) is 0 Å². The Balaban J connectivity index is 2.12. The van der Waals surface area contributed by atoms with Gasteiger partial charge in [-0.05, 0) is 23.8 Å². The molecule has 104 valence electrons. The Morgan fingerprint density at radius 3 is 2.60 bits per heavy atom. The van der Waals surface area contributed by atoms with Crippen LogP contribution in [0.5, 0.6) is 0 Å². The maximum absolute atomic E-state index is 11.4. The molecule has 0 atom stereocenters. The highest BCUT2D eigenvalue weighted by Crippen LogP contribution is 2.16. The van der Waals surface area contributed by atoms with Crippen LogP contribution in [0.4, 0.5) is 11.5 Å². The van der Waals surface area contributed by atoms with E-state index in [2.05, 4.69) is 15.5 Å². The highest BCUT2D eigenvalue weighted by molar-refractivity contribution is 5.91. The van der Waals surface area contributed by atoms with Crippen LogP contribution in [0.1, 0.15) is 16.1 Å². The van der Waals surface area contributed by atoms with E-state index in [0.717, 1.165) is 11.3 Å². The first kappa shape index (κ1) is 13.8. The molecule has 1 aromatic carbocycles. The molecule has 3 N–H and O–H groups in total. The summed E-state index contributed by atoms with van der Waals surface area (Å²) in [6.07, 6.45) is 0. The van der Waals surface area contributed by atoms with E-state index in [1.807, 2.05) is 36.2 Å². The summed E-state index contributed by atoms with van der Waals surface area (Å²) in [6.45, 7) is 0.626. The van der Waals surface area contributed by atoms with E-state index < -0.39 is 0 Å². The maximum Gasteiger partial charge on any atom is 0.271 e. The van der Waals surface area contributed by atoms with E-state index in [9.17, 15) is 4.79 Å². The molecule has 0 aliphatic heterocycles. The molecule has 0 aliphatic carbocycles. The van der Waals surface area contributed by atoms with Crippen LogP contribution in [-0.2, 0) is 6.54 Å². The monoisotopic (exact) mass is 271 g/mol. The summed E-state index contributed by atoms with van der Waals surface area (Å²) < 4.78 is 0. The van der Waals surface area contributed by atoms with Gasteiger partial charge in [-0.3, -0.25) is 4.79 Å². The molecule has 1 aromatic heterocycles. The van der Waals surface area contributed by atoms with E-state index in [-0.39, 0.29) is 5.91 Å². The lowest BCUT2D eigenvalue weighted by Crippen LogP contribution is -2.22. The number of hydrogen-bond donors (Lipinski definition) is 2. The quantitative estimate of drug-likeness (QED) is 0.812. The molecule has 6 heteroatoms. The Kier molecular flexibility index (Phi) is 4.14. The zero-order valence-electron chi connectivity index (χ0n) is 11.5. The summed E-state index contributed by atoms with van der Waals surface area (Å²) in [4.78, 5) is 13.3. The third-order valence-corrected chi connectivity index (χ3v) is 2.96. The van der Waals surface area contributed by atoms with Gasteiger partial charge in [-0.25, -0.2) is 0 Å². The number of rotatable bonds is 4. The molecule has 0 saturated carbocycles. The normalized spacial score (nSPS) is 10.1. The molecule has 6 nitrogen and oxygen atoms in total. The number of carbonyl (C=O) groups excluding carboxylic acids is 1. The van der Waals surface area contributed by atoms with Gasteiger partial charge in [0.15, 0.2) is 11.5 Å². The number of nitrogens with one attached hydrogen (secondary N) is 1. The average molecular weight is 271 g/mol. The van der Waals surface area contributed by atoms with Gasteiger partial charge in [-0.1, -0.05) is 18.2 Å². The lowest BCUT2D eigenvalue weighted by Gasteiger charge is -2.18. The van der Waals surface area contributed by atoms with Crippen molar-refractivity contribution in [3.63, 3.8) is 0 Å². The number of amides is 1. The van der Waals surface area contributed by atoms with Gasteiger partial charge < -0.3 is 16.0 Å². The number of nitrogen functional groups attached to an aromatic ring is 1. The van der Waals surface area contributed by atoms with Crippen LogP contribution >= 0.6 is 0 Å². The summed E-state index contributed by atoms with van der Waals surface area (Å²) in [5, 5.41) is 10.5. The number of benzene rings is 1. The topological polar surface area (TPSA) is 84.1 Å². The van der Waals surface area contributed by atoms with Gasteiger partial charge >= 0.3 is 0 Å². The van der Waals surface area contributed by atoms with Crippen LogP contribution in [0.3, 0.4) is 0 Å². The van der Waals surface area contributed by atoms with Crippen molar-refractivity contribution in [1.29, 1.82) is 0 Å². The van der Waals surface area contributed by atoms with Crippen molar-refractivity contribution in [3.05, 3.63) is 47.7 Å². The molecule has 0 spiro atoms. The summed E-state index contributed by atoms with van der Waals surface area (Å²) >= 11 is 0. The molecule has 20 heavy (non-hydrogen) atoms. The number of anilines is 2. The Hall–Kier alpha value is -2.63. The van der Waals surface area contributed by atoms with Gasteiger partial charge in [0.2, 0.25) is 0 Å². The second-order valence-electron chi connectivity index (χ2n) is 4.41. The Morgan fingerprint density at radius 2 is 2.00 bits per heavy atom. The van der Waals surface area contributed by atoms with Gasteiger partial charge in [0.25, 0.3) is 5.91 Å². The molecule has 1 heterocycles. The van der Waals surface area contributed by atoms with Crippen molar-refractivity contribution in [1.82, 2.24) is 15.5 Å². The predicted molar refractivity (Wildman–Crippen MR) is 78.4 cm³/mol. The fraction of sp³-hybridized carbons (Fsp3) is 0.214. The minimum Gasteiger partial charge on any atom is -0.398 e. The number of para-hydroxylation sites is 1. The molecule has 0 bridgehead atoms. The van der Waals surface area contributed by atoms with E-state index in [0.29, 0.717) is 18.1 Å². The van der Waals surface area contributed by atoms with Crippen LogP contribution in [0.25, 0.3) is 0 Å². The molecule has 2 aromatic rings. The van der Waals surface area contributed by atoms with Crippen molar-refractivity contribution < 1.29 is 4.79 Å².